The van der Waals surface area contributed by atoms with Gasteiger partial charge in [0.15, 0.2) is 0 Å². The van der Waals surface area contributed by atoms with E-state index in [0.717, 1.165) is 23.9 Å². The van der Waals surface area contributed by atoms with Crippen molar-refractivity contribution < 1.29 is 9.21 Å². The lowest BCUT2D eigenvalue weighted by Crippen LogP contribution is -2.25. The van der Waals surface area contributed by atoms with Crippen LogP contribution in [0.15, 0.2) is 22.8 Å². The monoisotopic (exact) mass is 299 g/mol. The predicted molar refractivity (Wildman–Crippen MR) is 82.3 cm³/mol. The van der Waals surface area contributed by atoms with Gasteiger partial charge in [0.2, 0.25) is 5.91 Å². The number of amides is 1. The Bertz CT molecular complexity index is 362. The van der Waals surface area contributed by atoms with Crippen molar-refractivity contribution in [2.75, 3.05) is 12.3 Å². The predicted octanol–water partition coefficient (Wildman–Crippen LogP) is 3.65. The number of nitrogens with one attached hydrogen (secondary N) is 1. The molecule has 0 aliphatic carbocycles. The first-order valence-electron chi connectivity index (χ1n) is 6.92. The van der Waals surface area contributed by atoms with Crippen molar-refractivity contribution >= 4 is 27.5 Å². The van der Waals surface area contributed by atoms with E-state index in [1.165, 1.54) is 25.0 Å². The van der Waals surface area contributed by atoms with Crippen LogP contribution < -0.4 is 5.32 Å². The molecule has 1 N–H and O–H groups in total. The smallest absolute Gasteiger partial charge is 0.220 e. The quantitative estimate of drug-likeness (QED) is 0.587. The Hall–Kier alpha value is -0.550. The molecule has 1 fully saturated rings. The molecule has 1 amide bonds. The average molecular weight is 299 g/mol. The molecule has 106 valence electrons. The maximum atomic E-state index is 11.6. The molecule has 1 aromatic heterocycles. The second-order valence-electron chi connectivity index (χ2n) is 4.75. The number of unbranched alkanes of at least 4 members (excludes halogenated alkanes) is 1. The second-order valence-corrected chi connectivity index (χ2v) is 7.54. The van der Waals surface area contributed by atoms with E-state index in [4.69, 9.17) is 4.42 Å². The summed E-state index contributed by atoms with van der Waals surface area (Å²) in [6.45, 7) is 0.668. The molecule has 5 heteroatoms. The van der Waals surface area contributed by atoms with Crippen LogP contribution in [0.5, 0.6) is 0 Å². The summed E-state index contributed by atoms with van der Waals surface area (Å²) in [7, 11) is 4.00. The summed E-state index contributed by atoms with van der Waals surface area (Å²) >= 11 is 0. The Morgan fingerprint density at radius 3 is 3.16 bits per heavy atom. The molecule has 1 aromatic rings. The standard InChI is InChI=1S/C14H21NO2S2/c16-14(15-9-7-12-4-3-10-17-12)6-2-1-5-13-8-11-18-19-13/h3-4,10,13H,1-2,5-9,11H2,(H,15,16)/t13-/m0/s1. The topological polar surface area (TPSA) is 42.2 Å². The van der Waals surface area contributed by atoms with Crippen LogP contribution in [0.2, 0.25) is 0 Å². The first-order valence-corrected chi connectivity index (χ1v) is 9.30. The van der Waals surface area contributed by atoms with Gasteiger partial charge in [0.05, 0.1) is 6.26 Å². The van der Waals surface area contributed by atoms with Gasteiger partial charge in [-0.05, 0) is 31.4 Å². The molecule has 0 spiro atoms. The molecule has 0 bridgehead atoms. The molecule has 1 saturated heterocycles. The first kappa shape index (κ1) is 14.9. The van der Waals surface area contributed by atoms with Gasteiger partial charge in [0.1, 0.15) is 5.76 Å². The van der Waals surface area contributed by atoms with Crippen molar-refractivity contribution in [3.63, 3.8) is 0 Å². The number of rotatable bonds is 8. The van der Waals surface area contributed by atoms with Gasteiger partial charge in [-0.2, -0.15) is 0 Å². The number of carbonyl (C=O) groups is 1. The fourth-order valence-corrected chi connectivity index (χ4v) is 5.12. The van der Waals surface area contributed by atoms with Crippen molar-refractivity contribution in [3.8, 4) is 0 Å². The van der Waals surface area contributed by atoms with Crippen LogP contribution in [0.1, 0.15) is 37.9 Å². The number of hydrogen-bond donors (Lipinski definition) is 1. The number of hydrogen-bond acceptors (Lipinski definition) is 4. The zero-order chi connectivity index (χ0) is 13.3. The summed E-state index contributed by atoms with van der Waals surface area (Å²) in [5, 5.41) is 3.77. The van der Waals surface area contributed by atoms with Gasteiger partial charge in [-0.3, -0.25) is 4.79 Å². The Balaban J connectivity index is 1.45. The number of carbonyl (C=O) groups excluding carboxylic acids is 1. The van der Waals surface area contributed by atoms with Gasteiger partial charge < -0.3 is 9.73 Å². The van der Waals surface area contributed by atoms with Gasteiger partial charge >= 0.3 is 0 Å². The zero-order valence-electron chi connectivity index (χ0n) is 11.1. The molecule has 0 radical (unpaired) electrons. The third-order valence-corrected chi connectivity index (χ3v) is 6.19. The molecule has 0 aromatic carbocycles. The molecule has 1 aliphatic heterocycles. The highest BCUT2D eigenvalue weighted by atomic mass is 33.1. The molecular weight excluding hydrogens is 278 g/mol. The number of furan rings is 1. The largest absolute Gasteiger partial charge is 0.469 e. The molecule has 1 aliphatic rings. The maximum Gasteiger partial charge on any atom is 0.220 e. The fraction of sp³-hybridized carbons (Fsp3) is 0.643. The van der Waals surface area contributed by atoms with Gasteiger partial charge in [0, 0.05) is 30.4 Å². The molecule has 2 heterocycles. The van der Waals surface area contributed by atoms with Crippen molar-refractivity contribution in [1.82, 2.24) is 5.32 Å². The van der Waals surface area contributed by atoms with Gasteiger partial charge in [0.25, 0.3) is 0 Å². The molecule has 0 unspecified atom stereocenters. The van der Waals surface area contributed by atoms with Crippen LogP contribution in [-0.2, 0) is 11.2 Å². The highest BCUT2D eigenvalue weighted by Crippen LogP contribution is 2.39. The van der Waals surface area contributed by atoms with E-state index >= 15 is 0 Å². The summed E-state index contributed by atoms with van der Waals surface area (Å²) in [6.07, 6.45) is 7.87. The summed E-state index contributed by atoms with van der Waals surface area (Å²) in [5.41, 5.74) is 0. The summed E-state index contributed by atoms with van der Waals surface area (Å²) in [6, 6.07) is 3.81. The SMILES string of the molecule is O=C(CCCC[C@H]1CCSS1)NCCc1ccco1. The lowest BCUT2D eigenvalue weighted by atomic mass is 10.1. The van der Waals surface area contributed by atoms with Crippen molar-refractivity contribution in [1.29, 1.82) is 0 Å². The lowest BCUT2D eigenvalue weighted by molar-refractivity contribution is -0.121. The van der Waals surface area contributed by atoms with Crippen LogP contribution in [0.4, 0.5) is 0 Å². The molecule has 0 saturated carbocycles. The van der Waals surface area contributed by atoms with Crippen LogP contribution >= 0.6 is 21.6 Å². The third-order valence-electron chi connectivity index (χ3n) is 3.18. The average Bonchev–Trinajstić information content (AvgIpc) is 3.07. The van der Waals surface area contributed by atoms with E-state index in [0.29, 0.717) is 13.0 Å². The van der Waals surface area contributed by atoms with Gasteiger partial charge in [-0.15, -0.1) is 0 Å². The van der Waals surface area contributed by atoms with Crippen LogP contribution in [0.3, 0.4) is 0 Å². The summed E-state index contributed by atoms with van der Waals surface area (Å²) in [5.74, 6) is 2.39. The van der Waals surface area contributed by atoms with Crippen molar-refractivity contribution in [2.24, 2.45) is 0 Å². The fourth-order valence-electron chi connectivity index (χ4n) is 2.09. The van der Waals surface area contributed by atoms with Gasteiger partial charge in [-0.1, -0.05) is 28.0 Å². The molecule has 3 nitrogen and oxygen atoms in total. The maximum absolute atomic E-state index is 11.6. The van der Waals surface area contributed by atoms with E-state index in [1.54, 1.807) is 6.26 Å². The minimum atomic E-state index is 0.167. The second kappa shape index (κ2) is 8.59. The van der Waals surface area contributed by atoms with E-state index in [9.17, 15) is 4.79 Å². The minimum absolute atomic E-state index is 0.167. The summed E-state index contributed by atoms with van der Waals surface area (Å²) in [4.78, 5) is 11.6. The van der Waals surface area contributed by atoms with Crippen LogP contribution in [-0.4, -0.2) is 23.5 Å². The third kappa shape index (κ3) is 5.95. The first-order chi connectivity index (χ1) is 9.34. The molecular formula is C14H21NO2S2. The highest BCUT2D eigenvalue weighted by Gasteiger charge is 2.15. The zero-order valence-corrected chi connectivity index (χ0v) is 12.7. The van der Waals surface area contributed by atoms with E-state index in [1.807, 2.05) is 33.7 Å². The van der Waals surface area contributed by atoms with Crippen LogP contribution in [0, 0.1) is 0 Å². The Morgan fingerprint density at radius 1 is 1.47 bits per heavy atom. The molecule has 2 rings (SSSR count). The van der Waals surface area contributed by atoms with E-state index in [2.05, 4.69) is 5.32 Å². The van der Waals surface area contributed by atoms with Crippen LogP contribution in [0.25, 0.3) is 0 Å². The highest BCUT2D eigenvalue weighted by molar-refractivity contribution is 8.77. The van der Waals surface area contributed by atoms with Crippen molar-refractivity contribution in [3.05, 3.63) is 24.2 Å². The molecule has 1 atom stereocenters. The normalized spacial score (nSPS) is 18.6. The van der Waals surface area contributed by atoms with E-state index in [-0.39, 0.29) is 5.91 Å². The Labute approximate surface area is 122 Å². The van der Waals surface area contributed by atoms with Gasteiger partial charge in [-0.25, -0.2) is 0 Å². The molecule has 19 heavy (non-hydrogen) atoms. The minimum Gasteiger partial charge on any atom is -0.469 e. The van der Waals surface area contributed by atoms with Crippen molar-refractivity contribution in [2.45, 2.75) is 43.8 Å². The lowest BCUT2D eigenvalue weighted by Gasteiger charge is -2.07. The Morgan fingerprint density at radius 2 is 2.42 bits per heavy atom. The van der Waals surface area contributed by atoms with E-state index < -0.39 is 0 Å². The summed E-state index contributed by atoms with van der Waals surface area (Å²) < 4.78 is 5.22. The Kier molecular flexibility index (Phi) is 6.71.